The molecule has 2 aromatic carbocycles. The second-order valence-corrected chi connectivity index (χ2v) is 10.4. The average Bonchev–Trinajstić information content (AvgIpc) is 3.55. The Hall–Kier alpha value is -4.46. The van der Waals surface area contributed by atoms with Crippen LogP contribution < -0.4 is 16.0 Å². The number of aliphatic hydroxyl groups excluding tert-OH is 2. The Morgan fingerprint density at radius 1 is 1.00 bits per heavy atom. The molecule has 1 fully saturated rings. The van der Waals surface area contributed by atoms with Gasteiger partial charge in [-0.25, -0.2) is 14.4 Å². The van der Waals surface area contributed by atoms with Gasteiger partial charge in [0.05, 0.1) is 12.7 Å². The standard InChI is InChI=1S/C31H38N4O9/c1-32-28(39)35(15-8-16-36)31(17-26(38)27(18-37)44-31)20-43-30(41)34-14-7-6-13-33-29(40)42-19-25-23-11-4-2-9-21(23)22-10-3-5-12-24(22)25/h2-5,8-12,15-16,25-27,37-38H,6-7,13-14,17-20H2,1H3,(H,32,39)(H,33,40)(H,34,41)/b15-8-/t26-,27+,31-/m0/s1. The number of aliphatic hydroxyl groups is 2. The van der Waals surface area contributed by atoms with Crippen LogP contribution in [-0.4, -0.2) is 97.5 Å². The molecular formula is C31H38N4O9. The molecule has 4 amide bonds. The molecule has 5 N–H and O–H groups in total. The maximum atomic E-state index is 12.5. The molecule has 4 rings (SSSR count). The first kappa shape index (κ1) is 32.5. The summed E-state index contributed by atoms with van der Waals surface area (Å²) in [4.78, 5) is 49.1. The van der Waals surface area contributed by atoms with E-state index in [2.05, 4.69) is 40.2 Å². The maximum Gasteiger partial charge on any atom is 0.407 e. The van der Waals surface area contributed by atoms with Gasteiger partial charge in [0, 0.05) is 38.7 Å². The minimum Gasteiger partial charge on any atom is -0.449 e. The van der Waals surface area contributed by atoms with Crippen molar-refractivity contribution >= 4 is 24.5 Å². The molecule has 1 saturated heterocycles. The normalized spacial score (nSPS) is 20.4. The molecule has 1 heterocycles. The molecule has 0 unspecified atom stereocenters. The second kappa shape index (κ2) is 15.3. The lowest BCUT2D eigenvalue weighted by atomic mass is 9.98. The van der Waals surface area contributed by atoms with Crippen molar-refractivity contribution in [3.63, 3.8) is 0 Å². The number of urea groups is 1. The van der Waals surface area contributed by atoms with Gasteiger partial charge in [-0.1, -0.05) is 48.5 Å². The Morgan fingerprint density at radius 3 is 2.14 bits per heavy atom. The highest BCUT2D eigenvalue weighted by Gasteiger charge is 2.52. The monoisotopic (exact) mass is 610 g/mol. The predicted octanol–water partition coefficient (Wildman–Crippen LogP) is 2.22. The van der Waals surface area contributed by atoms with E-state index in [0.29, 0.717) is 25.7 Å². The molecular weight excluding hydrogens is 572 g/mol. The Balaban J connectivity index is 1.18. The van der Waals surface area contributed by atoms with Crippen LogP contribution in [0.5, 0.6) is 0 Å². The zero-order chi connectivity index (χ0) is 31.5. The lowest BCUT2D eigenvalue weighted by Crippen LogP contribution is -2.55. The number of hydrogen-bond donors (Lipinski definition) is 5. The Bertz CT molecular complexity index is 1310. The molecule has 44 heavy (non-hydrogen) atoms. The van der Waals surface area contributed by atoms with E-state index in [0.717, 1.165) is 39.4 Å². The van der Waals surface area contributed by atoms with E-state index in [1.807, 2.05) is 24.3 Å². The van der Waals surface area contributed by atoms with Gasteiger partial charge >= 0.3 is 18.2 Å². The van der Waals surface area contributed by atoms with Crippen LogP contribution in [0.1, 0.15) is 36.3 Å². The van der Waals surface area contributed by atoms with Crippen LogP contribution in [-0.2, 0) is 19.0 Å². The largest absolute Gasteiger partial charge is 0.449 e. The summed E-state index contributed by atoms with van der Waals surface area (Å²) in [5.74, 6) is -0.0283. The van der Waals surface area contributed by atoms with Gasteiger partial charge in [-0.15, -0.1) is 0 Å². The molecule has 2 aliphatic rings. The Morgan fingerprint density at radius 2 is 1.59 bits per heavy atom. The van der Waals surface area contributed by atoms with E-state index < -0.39 is 49.4 Å². The van der Waals surface area contributed by atoms with Gasteiger partial charge in [0.15, 0.2) is 5.72 Å². The summed E-state index contributed by atoms with van der Waals surface area (Å²) in [6, 6.07) is 15.5. The quantitative estimate of drug-likeness (QED) is 0.129. The number of ether oxygens (including phenoxy) is 3. The summed E-state index contributed by atoms with van der Waals surface area (Å²) >= 11 is 0. The van der Waals surface area contributed by atoms with Crippen molar-refractivity contribution in [2.75, 3.05) is 40.0 Å². The number of benzene rings is 2. The fraction of sp³-hybridized carbons (Fsp3) is 0.419. The molecule has 2 aromatic rings. The second-order valence-electron chi connectivity index (χ2n) is 10.4. The lowest BCUT2D eigenvalue weighted by Gasteiger charge is -2.37. The number of fused-ring (bicyclic) bond motifs is 3. The molecule has 3 atom stereocenters. The summed E-state index contributed by atoms with van der Waals surface area (Å²) in [6.07, 6.45) is 0.0667. The number of nitrogens with zero attached hydrogens (tertiary/aromatic N) is 1. The van der Waals surface area contributed by atoms with Crippen molar-refractivity contribution in [1.29, 1.82) is 0 Å². The number of nitrogens with one attached hydrogen (secondary N) is 3. The van der Waals surface area contributed by atoms with E-state index in [9.17, 15) is 29.4 Å². The van der Waals surface area contributed by atoms with Crippen LogP contribution in [0.15, 0.2) is 60.8 Å². The minimum atomic E-state index is -1.66. The number of allylic oxidation sites excluding steroid dienone is 1. The third-order valence-corrected chi connectivity index (χ3v) is 7.61. The molecule has 13 heteroatoms. The lowest BCUT2D eigenvalue weighted by molar-refractivity contribution is -0.147. The van der Waals surface area contributed by atoms with E-state index in [4.69, 9.17) is 14.2 Å². The topological polar surface area (TPSA) is 176 Å². The van der Waals surface area contributed by atoms with E-state index >= 15 is 0 Å². The van der Waals surface area contributed by atoms with E-state index in [1.165, 1.54) is 7.05 Å². The van der Waals surface area contributed by atoms with Gasteiger partial charge in [-0.05, 0) is 41.2 Å². The molecule has 0 spiro atoms. The van der Waals surface area contributed by atoms with Crippen molar-refractivity contribution in [3.8, 4) is 11.1 Å². The van der Waals surface area contributed by atoms with Gasteiger partial charge in [-0.2, -0.15) is 0 Å². The number of unbranched alkanes of at least 4 members (excludes halogenated alkanes) is 1. The summed E-state index contributed by atoms with van der Waals surface area (Å²) in [5, 5.41) is 27.6. The van der Waals surface area contributed by atoms with Crippen LogP contribution in [0.4, 0.5) is 14.4 Å². The van der Waals surface area contributed by atoms with Crippen LogP contribution >= 0.6 is 0 Å². The smallest absolute Gasteiger partial charge is 0.407 e. The van der Waals surface area contributed by atoms with Crippen LogP contribution in [0.2, 0.25) is 0 Å². The number of amides is 4. The summed E-state index contributed by atoms with van der Waals surface area (Å²) < 4.78 is 16.6. The zero-order valence-corrected chi connectivity index (χ0v) is 24.4. The fourth-order valence-corrected chi connectivity index (χ4v) is 5.48. The molecule has 0 radical (unpaired) electrons. The number of carbonyl (C=O) groups excluding carboxylic acids is 4. The summed E-state index contributed by atoms with van der Waals surface area (Å²) in [6.45, 7) is -0.207. The van der Waals surface area contributed by atoms with Crippen molar-refractivity contribution in [3.05, 3.63) is 71.9 Å². The zero-order valence-electron chi connectivity index (χ0n) is 24.4. The molecule has 236 valence electrons. The first-order valence-electron chi connectivity index (χ1n) is 14.4. The van der Waals surface area contributed by atoms with Gasteiger partial charge in [0.2, 0.25) is 0 Å². The maximum absolute atomic E-state index is 12.5. The molecule has 1 aliphatic carbocycles. The van der Waals surface area contributed by atoms with Crippen molar-refractivity contribution in [2.45, 2.75) is 43.1 Å². The highest BCUT2D eigenvalue weighted by Crippen LogP contribution is 2.44. The molecule has 0 aromatic heterocycles. The number of rotatable bonds is 13. The minimum absolute atomic E-state index is 0.0283. The Kier molecular flexibility index (Phi) is 11.3. The van der Waals surface area contributed by atoms with Crippen LogP contribution in [0.25, 0.3) is 11.1 Å². The van der Waals surface area contributed by atoms with Gasteiger partial charge in [0.25, 0.3) is 0 Å². The third-order valence-electron chi connectivity index (χ3n) is 7.61. The number of carbonyl (C=O) groups is 4. The average molecular weight is 611 g/mol. The number of alkyl carbamates (subject to hydrolysis) is 2. The van der Waals surface area contributed by atoms with Crippen LogP contribution in [0, 0.1) is 0 Å². The Labute approximate surface area is 255 Å². The molecule has 0 saturated carbocycles. The first-order valence-corrected chi connectivity index (χ1v) is 14.4. The van der Waals surface area contributed by atoms with Crippen molar-refractivity contribution in [2.24, 2.45) is 0 Å². The fourth-order valence-electron chi connectivity index (χ4n) is 5.48. The van der Waals surface area contributed by atoms with Crippen molar-refractivity contribution in [1.82, 2.24) is 20.9 Å². The highest BCUT2D eigenvalue weighted by atomic mass is 16.6. The number of aldehydes is 1. The van der Waals surface area contributed by atoms with Gasteiger partial charge < -0.3 is 40.4 Å². The van der Waals surface area contributed by atoms with Gasteiger partial charge in [-0.3, -0.25) is 9.69 Å². The van der Waals surface area contributed by atoms with Gasteiger partial charge in [0.1, 0.15) is 25.6 Å². The molecule has 1 aliphatic heterocycles. The SMILES string of the molecule is CNC(=O)N(/C=C\C=O)[C@@]1(COC(=O)NCCCCNC(=O)OCC2c3ccccc3-c3ccccc32)C[C@H](O)[C@@H](CO)O1. The third kappa shape index (κ3) is 7.54. The van der Waals surface area contributed by atoms with Crippen molar-refractivity contribution < 1.29 is 43.6 Å². The van der Waals surface area contributed by atoms with E-state index in [-0.39, 0.29) is 25.5 Å². The first-order chi connectivity index (χ1) is 21.3. The molecule has 13 nitrogen and oxygen atoms in total. The summed E-state index contributed by atoms with van der Waals surface area (Å²) in [7, 11) is 1.36. The summed E-state index contributed by atoms with van der Waals surface area (Å²) in [5.41, 5.74) is 2.91. The van der Waals surface area contributed by atoms with E-state index in [1.54, 1.807) is 0 Å². The van der Waals surface area contributed by atoms with Crippen LogP contribution in [0.3, 0.4) is 0 Å². The highest BCUT2D eigenvalue weighted by molar-refractivity contribution is 5.79. The predicted molar refractivity (Wildman–Crippen MR) is 158 cm³/mol. The number of hydrogen-bond acceptors (Lipinski definition) is 9. The molecule has 0 bridgehead atoms.